The van der Waals surface area contributed by atoms with Crippen LogP contribution in [0.1, 0.15) is 11.4 Å². The Morgan fingerprint density at radius 2 is 1.95 bits per heavy atom. The van der Waals surface area contributed by atoms with Gasteiger partial charge < -0.3 is 9.30 Å². The number of rotatable bonds is 5. The molecule has 21 heavy (non-hydrogen) atoms. The Bertz CT molecular complexity index is 737. The number of ether oxygens (including phenoxy) is 1. The van der Waals surface area contributed by atoms with Gasteiger partial charge in [-0.25, -0.2) is 4.98 Å². The number of thiol groups is 1. The maximum atomic E-state index is 5.29. The van der Waals surface area contributed by atoms with Crippen molar-refractivity contribution in [3.63, 3.8) is 0 Å². The Morgan fingerprint density at radius 1 is 1.14 bits per heavy atom. The third-order valence-electron chi connectivity index (χ3n) is 3.55. The Balaban J connectivity index is 2.07. The molecule has 3 nitrogen and oxygen atoms in total. The summed E-state index contributed by atoms with van der Waals surface area (Å²) in [4.78, 5) is 4.74. The molecule has 0 aliphatic rings. The number of aromatic nitrogens is 2. The van der Waals surface area contributed by atoms with Crippen LogP contribution < -0.4 is 4.74 Å². The van der Waals surface area contributed by atoms with E-state index in [1.807, 2.05) is 18.2 Å². The standard InChI is InChI=1S/C17H18N2OS/c1-20-14-7-8-16-15(11-14)18-17(9-10-21)19(16)12-13-5-3-2-4-6-13/h2-8,11,21H,9-10,12H2,1H3. The Labute approximate surface area is 130 Å². The molecule has 0 radical (unpaired) electrons. The van der Waals surface area contributed by atoms with Crippen LogP contribution in [0.25, 0.3) is 11.0 Å². The van der Waals surface area contributed by atoms with Gasteiger partial charge >= 0.3 is 0 Å². The van der Waals surface area contributed by atoms with E-state index >= 15 is 0 Å². The second kappa shape index (κ2) is 6.22. The summed E-state index contributed by atoms with van der Waals surface area (Å²) in [5.41, 5.74) is 3.38. The highest BCUT2D eigenvalue weighted by Crippen LogP contribution is 2.23. The first-order chi connectivity index (χ1) is 10.3. The molecule has 0 saturated heterocycles. The predicted molar refractivity (Wildman–Crippen MR) is 89.4 cm³/mol. The molecule has 3 aromatic rings. The summed E-state index contributed by atoms with van der Waals surface area (Å²) in [6, 6.07) is 16.5. The highest BCUT2D eigenvalue weighted by Gasteiger charge is 2.11. The molecule has 0 spiro atoms. The van der Waals surface area contributed by atoms with E-state index in [-0.39, 0.29) is 0 Å². The first kappa shape index (κ1) is 14.0. The van der Waals surface area contributed by atoms with Crippen molar-refractivity contribution in [2.75, 3.05) is 12.9 Å². The Kier molecular flexibility index (Phi) is 4.15. The van der Waals surface area contributed by atoms with Crippen molar-refractivity contribution in [2.45, 2.75) is 13.0 Å². The molecule has 1 heterocycles. The van der Waals surface area contributed by atoms with E-state index in [9.17, 15) is 0 Å². The molecule has 0 aliphatic heterocycles. The average Bonchev–Trinajstić information content (AvgIpc) is 2.85. The molecule has 1 aromatic heterocycles. The van der Waals surface area contributed by atoms with Gasteiger partial charge in [0.2, 0.25) is 0 Å². The smallest absolute Gasteiger partial charge is 0.121 e. The topological polar surface area (TPSA) is 27.1 Å². The third-order valence-corrected chi connectivity index (χ3v) is 3.78. The molecule has 2 aromatic carbocycles. The summed E-state index contributed by atoms with van der Waals surface area (Å²) in [6.07, 6.45) is 0.854. The first-order valence-electron chi connectivity index (χ1n) is 7.00. The number of hydrogen-bond donors (Lipinski definition) is 1. The minimum atomic E-state index is 0.787. The van der Waals surface area contributed by atoms with E-state index in [1.54, 1.807) is 7.11 Å². The number of benzene rings is 2. The van der Waals surface area contributed by atoms with Crippen molar-refractivity contribution in [1.29, 1.82) is 0 Å². The van der Waals surface area contributed by atoms with Crippen LogP contribution in [0.3, 0.4) is 0 Å². The molecule has 4 heteroatoms. The zero-order chi connectivity index (χ0) is 14.7. The van der Waals surface area contributed by atoms with Crippen LogP contribution in [-0.4, -0.2) is 22.4 Å². The fourth-order valence-corrected chi connectivity index (χ4v) is 2.72. The van der Waals surface area contributed by atoms with E-state index in [2.05, 4.69) is 47.5 Å². The van der Waals surface area contributed by atoms with Gasteiger partial charge in [0.25, 0.3) is 0 Å². The average molecular weight is 298 g/mol. The van der Waals surface area contributed by atoms with Crippen molar-refractivity contribution in [2.24, 2.45) is 0 Å². The van der Waals surface area contributed by atoms with Gasteiger partial charge in [0.1, 0.15) is 11.6 Å². The molecular formula is C17H18N2OS. The summed E-state index contributed by atoms with van der Waals surface area (Å²) in [5.74, 6) is 2.69. The lowest BCUT2D eigenvalue weighted by Crippen LogP contribution is -2.05. The Morgan fingerprint density at radius 3 is 2.67 bits per heavy atom. The van der Waals surface area contributed by atoms with E-state index < -0.39 is 0 Å². The predicted octanol–water partition coefficient (Wildman–Crippen LogP) is 3.57. The number of fused-ring (bicyclic) bond motifs is 1. The van der Waals surface area contributed by atoms with Gasteiger partial charge in [-0.2, -0.15) is 12.6 Å². The van der Waals surface area contributed by atoms with Crippen molar-refractivity contribution >= 4 is 23.7 Å². The minimum absolute atomic E-state index is 0.787. The summed E-state index contributed by atoms with van der Waals surface area (Å²) in [7, 11) is 1.68. The molecule has 0 unspecified atom stereocenters. The molecule has 0 fully saturated rings. The minimum Gasteiger partial charge on any atom is -0.497 e. The molecule has 0 aliphatic carbocycles. The van der Waals surface area contributed by atoms with Gasteiger partial charge in [-0.1, -0.05) is 30.3 Å². The van der Waals surface area contributed by atoms with E-state index in [1.165, 1.54) is 5.56 Å². The summed E-state index contributed by atoms with van der Waals surface area (Å²) in [5, 5.41) is 0. The number of hydrogen-bond acceptors (Lipinski definition) is 3. The maximum absolute atomic E-state index is 5.29. The molecular weight excluding hydrogens is 280 g/mol. The highest BCUT2D eigenvalue weighted by molar-refractivity contribution is 7.80. The molecule has 0 bridgehead atoms. The van der Waals surface area contributed by atoms with Gasteiger partial charge in [-0.15, -0.1) is 0 Å². The van der Waals surface area contributed by atoms with Crippen molar-refractivity contribution < 1.29 is 4.74 Å². The number of nitrogens with zero attached hydrogens (tertiary/aromatic N) is 2. The van der Waals surface area contributed by atoms with Crippen molar-refractivity contribution in [3.8, 4) is 5.75 Å². The van der Waals surface area contributed by atoms with Crippen LogP contribution in [0.2, 0.25) is 0 Å². The van der Waals surface area contributed by atoms with Crippen LogP contribution in [0.15, 0.2) is 48.5 Å². The molecule has 108 valence electrons. The number of aryl methyl sites for hydroxylation is 1. The van der Waals surface area contributed by atoms with Gasteiger partial charge in [0.15, 0.2) is 0 Å². The summed E-state index contributed by atoms with van der Waals surface area (Å²) < 4.78 is 7.55. The van der Waals surface area contributed by atoms with E-state index in [4.69, 9.17) is 9.72 Å². The fraction of sp³-hybridized carbons (Fsp3) is 0.235. The molecule has 0 amide bonds. The lowest BCUT2D eigenvalue weighted by molar-refractivity contribution is 0.415. The Hall–Kier alpha value is -1.94. The normalized spacial score (nSPS) is 11.0. The molecule has 0 atom stereocenters. The summed E-state index contributed by atoms with van der Waals surface area (Å²) >= 11 is 4.35. The van der Waals surface area contributed by atoms with E-state index in [0.29, 0.717) is 0 Å². The van der Waals surface area contributed by atoms with Crippen molar-refractivity contribution in [1.82, 2.24) is 9.55 Å². The number of imidazole rings is 1. The largest absolute Gasteiger partial charge is 0.497 e. The maximum Gasteiger partial charge on any atom is 0.121 e. The second-order valence-electron chi connectivity index (χ2n) is 4.93. The zero-order valence-corrected chi connectivity index (χ0v) is 12.9. The second-order valence-corrected chi connectivity index (χ2v) is 5.38. The monoisotopic (exact) mass is 298 g/mol. The highest BCUT2D eigenvalue weighted by atomic mass is 32.1. The van der Waals surface area contributed by atoms with Crippen LogP contribution in [-0.2, 0) is 13.0 Å². The molecule has 3 rings (SSSR count). The zero-order valence-electron chi connectivity index (χ0n) is 12.0. The fourth-order valence-electron chi connectivity index (χ4n) is 2.52. The van der Waals surface area contributed by atoms with Gasteiger partial charge in [0.05, 0.1) is 18.1 Å². The lowest BCUT2D eigenvalue weighted by atomic mass is 10.2. The van der Waals surface area contributed by atoms with Gasteiger partial charge in [-0.05, 0) is 23.4 Å². The van der Waals surface area contributed by atoms with Crippen molar-refractivity contribution in [3.05, 3.63) is 59.9 Å². The summed E-state index contributed by atoms with van der Waals surface area (Å²) in [6.45, 7) is 0.826. The van der Waals surface area contributed by atoms with Crippen LogP contribution in [0, 0.1) is 0 Å². The van der Waals surface area contributed by atoms with Crippen LogP contribution >= 0.6 is 12.6 Å². The molecule has 0 N–H and O–H groups in total. The number of methoxy groups -OCH3 is 1. The quantitative estimate of drug-likeness (QED) is 0.729. The van der Waals surface area contributed by atoms with Gasteiger partial charge in [0, 0.05) is 19.0 Å². The van der Waals surface area contributed by atoms with Gasteiger partial charge in [-0.3, -0.25) is 0 Å². The lowest BCUT2D eigenvalue weighted by Gasteiger charge is -2.09. The van der Waals surface area contributed by atoms with Crippen LogP contribution in [0.4, 0.5) is 0 Å². The first-order valence-corrected chi connectivity index (χ1v) is 7.63. The SMILES string of the molecule is COc1ccc2c(c1)nc(CCS)n2Cc1ccccc1. The molecule has 0 saturated carbocycles. The van der Waals surface area contributed by atoms with E-state index in [0.717, 1.165) is 41.3 Å². The van der Waals surface area contributed by atoms with Crippen LogP contribution in [0.5, 0.6) is 5.75 Å². The third kappa shape index (κ3) is 2.90.